The van der Waals surface area contributed by atoms with E-state index in [-0.39, 0.29) is 5.92 Å². The van der Waals surface area contributed by atoms with Gasteiger partial charge in [0.2, 0.25) is 0 Å². The van der Waals surface area contributed by atoms with Crippen LogP contribution in [0.5, 0.6) is 0 Å². The van der Waals surface area contributed by atoms with Crippen LogP contribution in [0.1, 0.15) is 16.9 Å². The Morgan fingerprint density at radius 3 is 3.06 bits per heavy atom. The number of fused-ring (bicyclic) bond motifs is 3. The first-order valence-electron chi connectivity index (χ1n) is 5.67. The summed E-state index contributed by atoms with van der Waals surface area (Å²) in [4.78, 5) is 12.2. The second kappa shape index (κ2) is 3.74. The van der Waals surface area contributed by atoms with E-state index in [0.717, 1.165) is 18.5 Å². The highest BCUT2D eigenvalue weighted by Gasteiger charge is 2.26. The number of thiophene rings is 1. The fourth-order valence-electron chi connectivity index (χ4n) is 2.51. The second-order valence-electron chi connectivity index (χ2n) is 4.54. The van der Waals surface area contributed by atoms with Crippen LogP contribution in [0.4, 0.5) is 5.69 Å². The Balaban J connectivity index is 2.09. The van der Waals surface area contributed by atoms with E-state index >= 15 is 0 Å². The van der Waals surface area contributed by atoms with Crippen LogP contribution in [0, 0.1) is 5.92 Å². The molecule has 88 valence electrons. The third-order valence-corrected chi connectivity index (χ3v) is 4.64. The number of carboxylic acid groups (broad SMARTS) is 1. The molecule has 0 radical (unpaired) electrons. The predicted octanol–water partition coefficient (Wildman–Crippen LogP) is 2.67. The number of aryl methyl sites for hydroxylation is 1. The van der Waals surface area contributed by atoms with E-state index in [1.807, 2.05) is 12.1 Å². The Bertz CT molecular complexity index is 603. The SMILES string of the molecule is Nc1ccc2c3c(sc2c1)CC(C(=O)O)CC3. The monoisotopic (exact) mass is 247 g/mol. The summed E-state index contributed by atoms with van der Waals surface area (Å²) in [6, 6.07) is 5.95. The molecular weight excluding hydrogens is 234 g/mol. The lowest BCUT2D eigenvalue weighted by Gasteiger charge is -2.18. The van der Waals surface area contributed by atoms with Crippen molar-refractivity contribution in [2.45, 2.75) is 19.3 Å². The summed E-state index contributed by atoms with van der Waals surface area (Å²) in [7, 11) is 0. The third-order valence-electron chi connectivity index (χ3n) is 3.42. The van der Waals surface area contributed by atoms with Crippen LogP contribution < -0.4 is 5.73 Å². The van der Waals surface area contributed by atoms with Crippen molar-refractivity contribution in [2.24, 2.45) is 5.92 Å². The maximum Gasteiger partial charge on any atom is 0.306 e. The van der Waals surface area contributed by atoms with Gasteiger partial charge in [-0.2, -0.15) is 0 Å². The van der Waals surface area contributed by atoms with Gasteiger partial charge in [-0.05, 0) is 42.3 Å². The van der Waals surface area contributed by atoms with Crippen molar-refractivity contribution in [3.05, 3.63) is 28.6 Å². The van der Waals surface area contributed by atoms with E-state index in [4.69, 9.17) is 10.8 Å². The average molecular weight is 247 g/mol. The first kappa shape index (κ1) is 10.6. The minimum absolute atomic E-state index is 0.215. The largest absolute Gasteiger partial charge is 0.481 e. The molecule has 0 bridgehead atoms. The minimum atomic E-state index is -0.673. The number of aliphatic carboxylic acids is 1. The highest BCUT2D eigenvalue weighted by molar-refractivity contribution is 7.19. The molecule has 17 heavy (non-hydrogen) atoms. The van der Waals surface area contributed by atoms with Gasteiger partial charge in [-0.15, -0.1) is 11.3 Å². The van der Waals surface area contributed by atoms with E-state index in [1.54, 1.807) is 11.3 Å². The lowest BCUT2D eigenvalue weighted by atomic mass is 9.88. The number of anilines is 1. The summed E-state index contributed by atoms with van der Waals surface area (Å²) in [5, 5.41) is 10.3. The Morgan fingerprint density at radius 1 is 1.47 bits per heavy atom. The van der Waals surface area contributed by atoms with Gasteiger partial charge in [0.15, 0.2) is 0 Å². The van der Waals surface area contributed by atoms with Gasteiger partial charge in [-0.1, -0.05) is 6.07 Å². The summed E-state index contributed by atoms with van der Waals surface area (Å²) in [5.74, 6) is -0.888. The second-order valence-corrected chi connectivity index (χ2v) is 5.67. The fourth-order valence-corrected chi connectivity index (χ4v) is 3.89. The van der Waals surface area contributed by atoms with E-state index in [9.17, 15) is 4.79 Å². The predicted molar refractivity (Wildman–Crippen MR) is 69.4 cm³/mol. The Hall–Kier alpha value is -1.55. The molecule has 0 aliphatic heterocycles. The fraction of sp³-hybridized carbons (Fsp3) is 0.308. The zero-order valence-corrected chi connectivity index (χ0v) is 10.1. The number of carboxylic acids is 1. The van der Waals surface area contributed by atoms with Gasteiger partial charge in [0.05, 0.1) is 5.92 Å². The zero-order valence-electron chi connectivity index (χ0n) is 9.27. The highest BCUT2D eigenvalue weighted by atomic mass is 32.1. The van der Waals surface area contributed by atoms with Gasteiger partial charge >= 0.3 is 5.97 Å². The molecule has 0 saturated heterocycles. The van der Waals surface area contributed by atoms with Crippen LogP contribution in [0.15, 0.2) is 18.2 Å². The molecule has 3 rings (SSSR count). The van der Waals surface area contributed by atoms with Crippen molar-refractivity contribution in [2.75, 3.05) is 5.73 Å². The Morgan fingerprint density at radius 2 is 2.29 bits per heavy atom. The van der Waals surface area contributed by atoms with Gasteiger partial charge < -0.3 is 10.8 Å². The van der Waals surface area contributed by atoms with Crippen molar-refractivity contribution in [3.63, 3.8) is 0 Å². The van der Waals surface area contributed by atoms with Crippen molar-refractivity contribution in [1.29, 1.82) is 0 Å². The van der Waals surface area contributed by atoms with Gasteiger partial charge in [0, 0.05) is 15.3 Å². The molecule has 0 fully saturated rings. The molecule has 1 heterocycles. The first-order valence-corrected chi connectivity index (χ1v) is 6.49. The number of hydrogen-bond acceptors (Lipinski definition) is 3. The molecule has 0 spiro atoms. The molecule has 1 aliphatic rings. The summed E-state index contributed by atoms with van der Waals surface area (Å²) < 4.78 is 1.18. The number of rotatable bonds is 1. The van der Waals surface area contributed by atoms with Gasteiger partial charge in [-0.25, -0.2) is 0 Å². The van der Waals surface area contributed by atoms with E-state index < -0.39 is 5.97 Å². The van der Waals surface area contributed by atoms with E-state index in [1.165, 1.54) is 20.5 Å². The van der Waals surface area contributed by atoms with Crippen LogP contribution in [0.3, 0.4) is 0 Å². The van der Waals surface area contributed by atoms with Crippen LogP contribution >= 0.6 is 11.3 Å². The average Bonchev–Trinajstić information content (AvgIpc) is 2.64. The topological polar surface area (TPSA) is 63.3 Å². The molecule has 2 aromatic rings. The first-order chi connectivity index (χ1) is 8.15. The smallest absolute Gasteiger partial charge is 0.306 e. The molecule has 1 aromatic heterocycles. The lowest BCUT2D eigenvalue weighted by Crippen LogP contribution is -2.20. The van der Waals surface area contributed by atoms with Gasteiger partial charge in [-0.3, -0.25) is 4.79 Å². The van der Waals surface area contributed by atoms with Crippen molar-refractivity contribution in [3.8, 4) is 0 Å². The molecule has 0 amide bonds. The van der Waals surface area contributed by atoms with Crippen LogP contribution in [0.2, 0.25) is 0 Å². The number of benzene rings is 1. The minimum Gasteiger partial charge on any atom is -0.481 e. The number of hydrogen-bond donors (Lipinski definition) is 2. The van der Waals surface area contributed by atoms with Crippen molar-refractivity contribution in [1.82, 2.24) is 0 Å². The molecule has 3 nitrogen and oxygen atoms in total. The summed E-state index contributed by atoms with van der Waals surface area (Å²) in [6.07, 6.45) is 2.29. The summed E-state index contributed by atoms with van der Waals surface area (Å²) in [5.41, 5.74) is 7.87. The Labute approximate surface area is 103 Å². The maximum absolute atomic E-state index is 11.0. The van der Waals surface area contributed by atoms with E-state index in [2.05, 4.69) is 6.07 Å². The molecule has 1 aliphatic carbocycles. The number of carbonyl (C=O) groups is 1. The molecule has 4 heteroatoms. The molecule has 1 aromatic carbocycles. The van der Waals surface area contributed by atoms with Gasteiger partial charge in [0.1, 0.15) is 0 Å². The van der Waals surface area contributed by atoms with Gasteiger partial charge in [0.25, 0.3) is 0 Å². The molecule has 1 atom stereocenters. The van der Waals surface area contributed by atoms with Crippen LogP contribution in [-0.2, 0) is 17.6 Å². The normalized spacial score (nSPS) is 19.2. The maximum atomic E-state index is 11.0. The quantitative estimate of drug-likeness (QED) is 0.761. The summed E-state index contributed by atoms with van der Waals surface area (Å²) in [6.45, 7) is 0. The van der Waals surface area contributed by atoms with Crippen LogP contribution in [0.25, 0.3) is 10.1 Å². The molecule has 0 saturated carbocycles. The Kier molecular flexibility index (Phi) is 2.33. The zero-order chi connectivity index (χ0) is 12.0. The molecule has 3 N–H and O–H groups in total. The third kappa shape index (κ3) is 1.69. The van der Waals surface area contributed by atoms with E-state index in [0.29, 0.717) is 6.42 Å². The number of nitrogen functional groups attached to an aromatic ring is 1. The number of nitrogens with two attached hydrogens (primary N) is 1. The lowest BCUT2D eigenvalue weighted by molar-refractivity contribution is -0.142. The van der Waals surface area contributed by atoms with Crippen molar-refractivity contribution < 1.29 is 9.90 Å². The van der Waals surface area contributed by atoms with Crippen LogP contribution in [-0.4, -0.2) is 11.1 Å². The standard InChI is InChI=1S/C13H13NO2S/c14-8-2-4-10-9-3-1-7(13(15)16)5-11(9)17-12(10)6-8/h2,4,6-7H,1,3,5,14H2,(H,15,16). The molecule has 1 unspecified atom stereocenters. The van der Waals surface area contributed by atoms with Crippen molar-refractivity contribution >= 4 is 33.1 Å². The molecular formula is C13H13NO2S. The summed E-state index contributed by atoms with van der Waals surface area (Å²) >= 11 is 1.69. The highest BCUT2D eigenvalue weighted by Crippen LogP contribution is 2.38.